The molecule has 4 nitrogen and oxygen atoms in total. The number of rotatable bonds is 5. The third-order valence-corrected chi connectivity index (χ3v) is 33.8. The topological polar surface area (TPSA) is 22.1 Å². The van der Waals surface area contributed by atoms with Gasteiger partial charge in [0.15, 0.2) is 0 Å². The fourth-order valence-corrected chi connectivity index (χ4v) is 30.6. The number of para-hydroxylation sites is 6. The van der Waals surface area contributed by atoms with Gasteiger partial charge in [0.05, 0.1) is 0 Å². The monoisotopic (exact) mass is 1160 g/mol. The summed E-state index contributed by atoms with van der Waals surface area (Å²) in [6.45, 7) is 8.27. The number of hydrogen-bond acceptors (Lipinski definition) is 4. The SMILES string of the molecule is Cc1ccc2c(c1)B1c3ccccc3N(c3ccccc3)c3cccc-2c31.Cc1cccc2c1B1c3ccccc3N(c3ccccc3)c3cccc-2c31.[B]1B2[BH2-]P12(N=[P+]1B2[BH2-]B21)c1ccc2c3c1-c1ccccc1B3c1ccccc1N2c1ccccc1. The van der Waals surface area contributed by atoms with E-state index in [4.69, 9.17) is 4.52 Å². The van der Waals surface area contributed by atoms with E-state index >= 15 is 0 Å². The third-order valence-electron chi connectivity index (χ3n) is 22.5. The average molecular weight is 1160 g/mol. The Kier molecular flexibility index (Phi) is 10.7. The van der Waals surface area contributed by atoms with E-state index in [0.717, 1.165) is 18.6 Å². The van der Waals surface area contributed by atoms with Gasteiger partial charge in [0.1, 0.15) is 0 Å². The normalized spacial score (nSPS) is 16.7. The van der Waals surface area contributed by atoms with Crippen molar-refractivity contribution in [3.05, 3.63) is 284 Å². The Morgan fingerprint density at radius 3 is 1.34 bits per heavy atom. The van der Waals surface area contributed by atoms with Crippen molar-refractivity contribution in [2.24, 2.45) is 4.52 Å². The molecule has 22 rings (SSSR count). The molecule has 12 aromatic rings. The van der Waals surface area contributed by atoms with Gasteiger partial charge in [0.2, 0.25) is 13.4 Å². The van der Waals surface area contributed by atoms with Crippen LogP contribution < -0.4 is 69.2 Å². The zero-order chi connectivity index (χ0) is 58.5. The Morgan fingerprint density at radius 1 is 0.371 bits per heavy atom. The van der Waals surface area contributed by atoms with Gasteiger partial charge in [0.25, 0.3) is 0 Å². The molecule has 0 amide bonds. The Labute approximate surface area is 526 Å². The summed E-state index contributed by atoms with van der Waals surface area (Å²) in [5.74, 6) is 0. The summed E-state index contributed by atoms with van der Waals surface area (Å²) < 4.78 is 5.92. The number of hydrogen-bond donors (Lipinski definition) is 0. The van der Waals surface area contributed by atoms with Crippen molar-refractivity contribution in [3.63, 3.8) is 0 Å². The van der Waals surface area contributed by atoms with Crippen molar-refractivity contribution in [2.75, 3.05) is 14.7 Å². The van der Waals surface area contributed by atoms with Crippen LogP contribution in [0.25, 0.3) is 33.4 Å². The van der Waals surface area contributed by atoms with Crippen LogP contribution in [0, 0.1) is 13.8 Å². The predicted octanol–water partition coefficient (Wildman–Crippen LogP) is 10.2. The molecule has 15 heteroatoms. The molecule has 0 atom stereocenters. The maximum atomic E-state index is 5.92. The number of nitrogens with zero attached hydrogens (tertiary/aromatic N) is 4. The van der Waals surface area contributed by atoms with Crippen molar-refractivity contribution < 1.29 is 0 Å². The second-order valence-corrected chi connectivity index (χ2v) is 35.8. The molecule has 0 aliphatic carbocycles. The van der Waals surface area contributed by atoms with Crippen LogP contribution in [0.15, 0.2) is 278 Å². The first kappa shape index (κ1) is 51.1. The molecule has 409 valence electrons. The molecule has 0 spiro atoms. The zero-order valence-corrected chi connectivity index (χ0v) is 52.0. The van der Waals surface area contributed by atoms with Gasteiger partial charge in [-0.2, -0.15) is 0 Å². The summed E-state index contributed by atoms with van der Waals surface area (Å²) >= 11 is 0. The predicted molar refractivity (Wildman–Crippen MR) is 399 cm³/mol. The fraction of sp³-hybridized carbons (Fsp3) is 0.0270. The molecule has 10 aliphatic heterocycles. The van der Waals surface area contributed by atoms with Crippen molar-refractivity contribution in [3.8, 4) is 33.4 Å². The van der Waals surface area contributed by atoms with Crippen LogP contribution in [0.5, 0.6) is 0 Å². The molecule has 0 aromatic heterocycles. The van der Waals surface area contributed by atoms with Gasteiger partial charge in [-0.25, -0.2) is 0 Å². The second-order valence-electron chi connectivity index (χ2n) is 27.2. The Morgan fingerprint density at radius 2 is 0.798 bits per heavy atom. The minimum absolute atomic E-state index is 0.0807. The molecule has 0 bridgehead atoms. The summed E-state index contributed by atoms with van der Waals surface area (Å²) in [5, 5.41) is 1.70. The summed E-state index contributed by atoms with van der Waals surface area (Å²) in [6.07, 6.45) is 1.26. The number of anilines is 9. The Bertz CT molecular complexity index is 5090. The minimum atomic E-state index is -1.98. The van der Waals surface area contributed by atoms with E-state index in [0.29, 0.717) is 27.2 Å². The first-order valence-corrected chi connectivity index (χ1v) is 36.7. The molecule has 0 N–H and O–H groups in total. The van der Waals surface area contributed by atoms with Gasteiger partial charge >= 0.3 is 210 Å². The molecule has 10 heterocycles. The van der Waals surface area contributed by atoms with Gasteiger partial charge in [-0.05, 0) is 106 Å². The molecule has 4 saturated heterocycles. The van der Waals surface area contributed by atoms with Crippen molar-refractivity contribution in [2.45, 2.75) is 13.8 Å². The molecule has 12 aromatic carbocycles. The third kappa shape index (κ3) is 7.13. The van der Waals surface area contributed by atoms with E-state index in [1.807, 2.05) is 0 Å². The van der Waals surface area contributed by atoms with Crippen molar-refractivity contribution >= 4 is 179 Å². The molecule has 0 saturated carbocycles. The molecule has 4 fully saturated rings. The van der Waals surface area contributed by atoms with Crippen LogP contribution in [0.4, 0.5) is 51.2 Å². The van der Waals surface area contributed by atoms with Gasteiger partial charge in [-0.3, -0.25) is 0 Å². The maximum absolute atomic E-state index is 5.92. The quantitative estimate of drug-likeness (QED) is 0.127. The summed E-state index contributed by atoms with van der Waals surface area (Å²) in [6, 6.07) is 101. The molecular formula is C74H55B9N4P2-. The van der Waals surface area contributed by atoms with Crippen LogP contribution in [0.2, 0.25) is 0 Å². The van der Waals surface area contributed by atoms with Gasteiger partial charge < -0.3 is 9.80 Å². The van der Waals surface area contributed by atoms with E-state index in [2.05, 4.69) is 308 Å². The van der Waals surface area contributed by atoms with E-state index in [9.17, 15) is 0 Å². The van der Waals surface area contributed by atoms with E-state index in [-0.39, 0.29) is 14.4 Å². The summed E-state index contributed by atoms with van der Waals surface area (Å²) in [7, 11) is 0.529. The van der Waals surface area contributed by atoms with E-state index in [1.165, 1.54) is 134 Å². The van der Waals surface area contributed by atoms with Crippen molar-refractivity contribution in [1.82, 2.24) is 0 Å². The van der Waals surface area contributed by atoms with Gasteiger partial charge in [-0.1, -0.05) is 156 Å². The molecule has 1 radical (unpaired) electrons. The Balaban J connectivity index is 0.0000000950. The second kappa shape index (κ2) is 18.6. The number of aryl methyl sites for hydroxylation is 2. The van der Waals surface area contributed by atoms with Gasteiger partial charge in [0, 0.05) is 34.1 Å². The molecule has 10 aliphatic rings. The van der Waals surface area contributed by atoms with E-state index < -0.39 is 6.39 Å². The van der Waals surface area contributed by atoms with Crippen LogP contribution >= 0.6 is 13.9 Å². The fourth-order valence-electron chi connectivity index (χ4n) is 17.8. The Hall–Kier alpha value is -8.85. The van der Waals surface area contributed by atoms with Crippen molar-refractivity contribution in [1.29, 1.82) is 0 Å². The molecule has 89 heavy (non-hydrogen) atoms. The van der Waals surface area contributed by atoms with E-state index in [1.54, 1.807) is 16.3 Å². The average Bonchev–Trinajstić information content (AvgIpc) is 1.42. The first-order chi connectivity index (χ1) is 43.9. The van der Waals surface area contributed by atoms with Crippen LogP contribution in [0.3, 0.4) is 0 Å². The van der Waals surface area contributed by atoms with Crippen LogP contribution in [0.1, 0.15) is 11.1 Å². The van der Waals surface area contributed by atoms with Crippen LogP contribution in [-0.2, 0) is 0 Å². The zero-order valence-electron chi connectivity index (χ0n) is 50.2. The summed E-state index contributed by atoms with van der Waals surface area (Å²) in [4.78, 5) is 7.36. The summed E-state index contributed by atoms with van der Waals surface area (Å²) in [5.41, 5.74) is 36.0. The first-order valence-electron chi connectivity index (χ1n) is 32.5. The number of fused-ring (bicyclic) bond motifs is 17. The number of benzene rings is 12. The van der Waals surface area contributed by atoms with Gasteiger partial charge in [-0.15, -0.1) is 0 Å². The standard InChI is InChI=1S/2C25H18BN.C24H19B7N2P2/c1-17-9-7-12-19-20-13-8-16-23-25(20)26(24(17)19)21-14-5-6-15-22(21)27(23)18-10-3-2-4-11-18;1-17-14-15-19-20-10-7-13-24-25(20)26(22(19)16-17)21-11-5-6-12-23(21)27(24)18-8-3-2-4-9-18;1-2-8-16(9-3-1)33-20-13-7-6-12-19(20)28-18-11-5-4-10-17(18)23-22(15-14-21(33)24(23)28)35(26-29(35)27-35)32-34-30-25-31(30)34/h2*2-16H,1H3;1-15H,25-26H2/q;;-1. The molecular weight excluding hydrogens is 1100 g/mol. The molecule has 0 unspecified atom stereocenters. The van der Waals surface area contributed by atoms with Crippen LogP contribution in [-0.4, -0.2) is 59.6 Å².